The molecule has 0 spiro atoms. The second kappa shape index (κ2) is 11.8. The van der Waals surface area contributed by atoms with Crippen molar-refractivity contribution in [2.24, 2.45) is 0 Å². The summed E-state index contributed by atoms with van der Waals surface area (Å²) in [6.07, 6.45) is -12.7. The van der Waals surface area contributed by atoms with E-state index in [9.17, 15) is 30.6 Å². The van der Waals surface area contributed by atoms with Gasteiger partial charge in [-0.2, -0.15) is 8.42 Å². The normalized spacial score (nSPS) is 42.6. The third kappa shape index (κ3) is 7.45. The Morgan fingerprint density at radius 1 is 0.828 bits per heavy atom. The summed E-state index contributed by atoms with van der Waals surface area (Å²) < 4.78 is 47.0. The van der Waals surface area contributed by atoms with Crippen LogP contribution >= 0.6 is 0 Å². The van der Waals surface area contributed by atoms with Crippen molar-refractivity contribution in [3.8, 4) is 0 Å². The van der Waals surface area contributed by atoms with Gasteiger partial charge in [0, 0.05) is 0 Å². The van der Waals surface area contributed by atoms with Crippen LogP contribution in [0.25, 0.3) is 0 Å². The average molecular weight is 652 g/mol. The van der Waals surface area contributed by atoms with Crippen molar-refractivity contribution in [3.63, 3.8) is 0 Å². The molecule has 0 saturated carbocycles. The Bertz CT molecular complexity index is 582. The van der Waals surface area contributed by atoms with E-state index in [1.807, 2.05) is 0 Å². The van der Waals surface area contributed by atoms with Gasteiger partial charge in [0.05, 0.1) is 13.2 Å². The van der Waals surface area contributed by atoms with Gasteiger partial charge in [-0.15, -0.1) is 0 Å². The van der Waals surface area contributed by atoms with Crippen LogP contribution in [-0.2, 0) is 24.6 Å². The summed E-state index contributed by atoms with van der Waals surface area (Å²) in [7, 11) is -4.67. The van der Waals surface area contributed by atoms with E-state index in [0.29, 0.717) is 0 Å². The second-order valence-corrected chi connectivity index (χ2v) is 6.90. The zero-order valence-electron chi connectivity index (χ0n) is 14.9. The Morgan fingerprint density at radius 2 is 1.31 bits per heavy atom. The van der Waals surface area contributed by atoms with Gasteiger partial charge in [-0.25, -0.2) is 0 Å². The van der Waals surface area contributed by atoms with Crippen LogP contribution in [0.4, 0.5) is 0 Å². The summed E-state index contributed by atoms with van der Waals surface area (Å²) in [5, 5.41) is 76.7. The van der Waals surface area contributed by atoms with E-state index in [1.165, 1.54) is 0 Å². The van der Waals surface area contributed by atoms with Crippen molar-refractivity contribution < 1.29 is 72.6 Å². The molecule has 2 fully saturated rings. The number of hydrogen-bond acceptors (Lipinski definition) is 13. The number of aliphatic hydroxyl groups is 8. The molecule has 2 rings (SSSR count). The molecule has 0 radical (unpaired) electrons. The minimum atomic E-state index is -4.67. The topological polar surface area (TPSA) is 264 Å². The van der Waals surface area contributed by atoms with E-state index in [4.69, 9.17) is 41.9 Å². The van der Waals surface area contributed by atoms with Crippen molar-refractivity contribution in [2.75, 3.05) is 19.8 Å². The standard InChI is InChI=1S/C12H22O11.Bi.H2O4S.3H/c13-1-4-6(16)8(18)9(19)11(21-4)23-12(3-15)10(20)7(17)5(2-14)22-12;;1-5(2,3)4;;;/h4-11,13-20H,1-3H2;;(H2,1,2,3,4);;;/t4-,5-,6-,7-,8+,9-,10+,11-,12+;;;;;/m1...../s1. The van der Waals surface area contributed by atoms with E-state index >= 15 is 0 Å². The van der Waals surface area contributed by atoms with Gasteiger partial charge in [-0.3, -0.25) is 9.11 Å². The fourth-order valence-electron chi connectivity index (χ4n) is 2.63. The molecule has 0 aromatic heterocycles. The molecule has 0 aromatic rings. The molecule has 0 bridgehead atoms. The number of aliphatic hydroxyl groups excluding tert-OH is 8. The first-order valence-electron chi connectivity index (χ1n) is 7.75. The van der Waals surface area contributed by atoms with E-state index in [2.05, 4.69) is 0 Å². The maximum absolute atomic E-state index is 10.00. The Labute approximate surface area is 183 Å². The average Bonchev–Trinajstić information content (AvgIpc) is 2.86. The molecule has 2 aliphatic heterocycles. The zero-order chi connectivity index (χ0) is 21.9. The summed E-state index contributed by atoms with van der Waals surface area (Å²) in [5.74, 6) is -2.22. The first-order chi connectivity index (χ1) is 12.8. The van der Waals surface area contributed by atoms with E-state index in [0.717, 1.165) is 0 Å². The van der Waals surface area contributed by atoms with Crippen molar-refractivity contribution in [1.29, 1.82) is 0 Å². The molecule has 2 saturated heterocycles. The van der Waals surface area contributed by atoms with Crippen LogP contribution in [0.5, 0.6) is 0 Å². The van der Waals surface area contributed by atoms with Gasteiger partial charge in [0.25, 0.3) is 0 Å². The van der Waals surface area contributed by atoms with Crippen LogP contribution in [0.1, 0.15) is 0 Å². The fraction of sp³-hybridized carbons (Fsp3) is 1.00. The molecular formula is C12H27BiO15S. The maximum atomic E-state index is 10.00. The Morgan fingerprint density at radius 3 is 1.69 bits per heavy atom. The monoisotopic (exact) mass is 652 g/mol. The number of rotatable bonds is 5. The Kier molecular flexibility index (Phi) is 11.9. The molecule has 9 atom stereocenters. The molecule has 176 valence electrons. The predicted octanol–water partition coefficient (Wildman–Crippen LogP) is -7.23. The molecule has 0 amide bonds. The Balaban J connectivity index is 0.00000117. The van der Waals surface area contributed by atoms with Crippen LogP contribution in [0.2, 0.25) is 0 Å². The third-order valence-electron chi connectivity index (χ3n) is 4.07. The van der Waals surface area contributed by atoms with Gasteiger partial charge in [-0.05, 0) is 0 Å². The summed E-state index contributed by atoms with van der Waals surface area (Å²) in [6.45, 7) is -2.32. The van der Waals surface area contributed by atoms with Gasteiger partial charge in [0.1, 0.15) is 49.3 Å². The molecular weight excluding hydrogens is 625 g/mol. The summed E-state index contributed by atoms with van der Waals surface area (Å²) in [4.78, 5) is 0. The molecule has 0 aliphatic carbocycles. The van der Waals surface area contributed by atoms with Crippen LogP contribution in [0.15, 0.2) is 0 Å². The quantitative estimate of drug-likeness (QED) is 0.0977. The molecule has 2 heterocycles. The van der Waals surface area contributed by atoms with Crippen LogP contribution < -0.4 is 0 Å². The Hall–Kier alpha value is 0.313. The van der Waals surface area contributed by atoms with Gasteiger partial charge in [0.2, 0.25) is 5.79 Å². The first kappa shape index (κ1) is 29.3. The van der Waals surface area contributed by atoms with Crippen LogP contribution in [0, 0.1) is 0 Å². The molecule has 2 aliphatic rings. The van der Waals surface area contributed by atoms with Gasteiger partial charge in [-0.1, -0.05) is 0 Å². The van der Waals surface area contributed by atoms with Crippen molar-refractivity contribution in [2.45, 2.75) is 54.8 Å². The third-order valence-corrected chi connectivity index (χ3v) is 4.07. The van der Waals surface area contributed by atoms with E-state index in [-0.39, 0.29) is 26.2 Å². The minimum absolute atomic E-state index is 0. The van der Waals surface area contributed by atoms with Gasteiger partial charge in [0.15, 0.2) is 6.29 Å². The van der Waals surface area contributed by atoms with E-state index < -0.39 is 85.0 Å². The fourth-order valence-corrected chi connectivity index (χ4v) is 2.63. The summed E-state index contributed by atoms with van der Waals surface area (Å²) in [5.41, 5.74) is 0. The van der Waals surface area contributed by atoms with E-state index in [1.54, 1.807) is 0 Å². The molecule has 17 heteroatoms. The molecule has 0 aromatic carbocycles. The SMILES string of the molecule is O=S(=O)(O)O.OC[C@H]1O[C@@](CO)(O[C@H]2O[C@H](CO)[C@@H](O)[C@H](O)[C@H]2O)[C@@H](O)[C@@H]1O.[BiH3]. The van der Waals surface area contributed by atoms with Crippen molar-refractivity contribution in [1.82, 2.24) is 0 Å². The summed E-state index contributed by atoms with van der Waals surface area (Å²) in [6, 6.07) is 0. The molecule has 0 unspecified atom stereocenters. The van der Waals surface area contributed by atoms with Crippen molar-refractivity contribution in [3.05, 3.63) is 0 Å². The summed E-state index contributed by atoms with van der Waals surface area (Å²) >= 11 is 0. The van der Waals surface area contributed by atoms with Crippen LogP contribution in [-0.4, -0.2) is 159 Å². The molecule has 29 heavy (non-hydrogen) atoms. The van der Waals surface area contributed by atoms with Crippen LogP contribution in [0.3, 0.4) is 0 Å². The first-order valence-corrected chi connectivity index (χ1v) is 9.14. The zero-order valence-corrected chi connectivity index (χ0v) is 21.2. The number of ether oxygens (including phenoxy) is 3. The molecule has 10 N–H and O–H groups in total. The van der Waals surface area contributed by atoms with Gasteiger partial charge >= 0.3 is 36.6 Å². The van der Waals surface area contributed by atoms with Crippen molar-refractivity contribution >= 4 is 36.6 Å². The second-order valence-electron chi connectivity index (χ2n) is 6.01. The molecule has 15 nitrogen and oxygen atoms in total. The van der Waals surface area contributed by atoms with Gasteiger partial charge < -0.3 is 55.1 Å². The number of hydrogen-bond donors (Lipinski definition) is 10. The predicted molar refractivity (Wildman–Crippen MR) is 92.8 cm³/mol.